The Hall–Kier alpha value is -1.78. The highest BCUT2D eigenvalue weighted by Gasteiger charge is 2.09. The van der Waals surface area contributed by atoms with Gasteiger partial charge < -0.3 is 15.4 Å². The average Bonchev–Trinajstić information content (AvgIpc) is 2.41. The van der Waals surface area contributed by atoms with E-state index in [1.807, 2.05) is 13.8 Å². The van der Waals surface area contributed by atoms with Gasteiger partial charge in [-0.3, -0.25) is 4.99 Å². The smallest absolute Gasteiger partial charge is 0.191 e. The lowest BCUT2D eigenvalue weighted by molar-refractivity contribution is 0.199. The molecule has 0 bridgehead atoms. The van der Waals surface area contributed by atoms with E-state index in [1.165, 1.54) is 12.1 Å². The first kappa shape index (κ1) is 15.3. The Morgan fingerprint density at radius 1 is 1.37 bits per heavy atom. The Labute approximate surface area is 114 Å². The zero-order valence-electron chi connectivity index (χ0n) is 11.7. The number of rotatable bonds is 6. The normalized spacial score (nSPS) is 12.9. The minimum atomic E-state index is -0.288. The summed E-state index contributed by atoms with van der Waals surface area (Å²) < 4.78 is 18.8. The van der Waals surface area contributed by atoms with Crippen molar-refractivity contribution in [2.24, 2.45) is 4.99 Å². The summed E-state index contributed by atoms with van der Waals surface area (Å²) in [6.45, 7) is 5.46. The van der Waals surface area contributed by atoms with E-state index < -0.39 is 0 Å². The first-order chi connectivity index (χ1) is 9.19. The van der Waals surface area contributed by atoms with Crippen LogP contribution >= 0.6 is 0 Å². The van der Waals surface area contributed by atoms with Gasteiger partial charge in [0.15, 0.2) is 5.96 Å². The molecule has 0 amide bonds. The van der Waals surface area contributed by atoms with E-state index in [9.17, 15) is 4.39 Å². The summed E-state index contributed by atoms with van der Waals surface area (Å²) in [5.74, 6) is 1.000. The molecule has 1 aromatic rings. The highest BCUT2D eigenvalue weighted by Crippen LogP contribution is 2.14. The highest BCUT2D eigenvalue weighted by molar-refractivity contribution is 5.79. The molecule has 1 atom stereocenters. The average molecular weight is 267 g/mol. The second-order valence-electron chi connectivity index (χ2n) is 4.09. The summed E-state index contributed by atoms with van der Waals surface area (Å²) in [6, 6.07) is 6.19. The predicted molar refractivity (Wildman–Crippen MR) is 76.1 cm³/mol. The van der Waals surface area contributed by atoms with Gasteiger partial charge in [-0.2, -0.15) is 0 Å². The maximum Gasteiger partial charge on any atom is 0.191 e. The SMILES string of the molecule is CCNC(=NC)NCC(CC)Oc1cccc(F)c1. The van der Waals surface area contributed by atoms with Crippen LogP contribution in [0, 0.1) is 5.82 Å². The topological polar surface area (TPSA) is 45.7 Å². The van der Waals surface area contributed by atoms with Gasteiger partial charge in [-0.1, -0.05) is 13.0 Å². The van der Waals surface area contributed by atoms with Gasteiger partial charge in [0.05, 0.1) is 6.54 Å². The standard InChI is InChI=1S/C14H22FN3O/c1-4-12(10-18-14(16-3)17-5-2)19-13-8-6-7-11(15)9-13/h6-9,12H,4-5,10H2,1-3H3,(H2,16,17,18). The molecule has 2 N–H and O–H groups in total. The quantitative estimate of drug-likeness (QED) is 0.613. The number of aliphatic imine (C=N–C) groups is 1. The Morgan fingerprint density at radius 2 is 2.16 bits per heavy atom. The maximum atomic E-state index is 13.1. The molecule has 5 heteroatoms. The van der Waals surface area contributed by atoms with Crippen molar-refractivity contribution in [3.8, 4) is 5.75 Å². The van der Waals surface area contributed by atoms with Gasteiger partial charge in [0.25, 0.3) is 0 Å². The number of nitrogens with one attached hydrogen (secondary N) is 2. The van der Waals surface area contributed by atoms with Crippen molar-refractivity contribution in [1.82, 2.24) is 10.6 Å². The van der Waals surface area contributed by atoms with Crippen molar-refractivity contribution in [2.75, 3.05) is 20.1 Å². The molecule has 0 aromatic heterocycles. The highest BCUT2D eigenvalue weighted by atomic mass is 19.1. The van der Waals surface area contributed by atoms with Crippen molar-refractivity contribution in [3.63, 3.8) is 0 Å². The van der Waals surface area contributed by atoms with Gasteiger partial charge in [0, 0.05) is 19.7 Å². The largest absolute Gasteiger partial charge is 0.489 e. The second kappa shape index (κ2) is 8.34. The van der Waals surface area contributed by atoms with Crippen molar-refractivity contribution >= 4 is 5.96 Å². The molecule has 1 unspecified atom stereocenters. The van der Waals surface area contributed by atoms with Crippen LogP contribution in [0.2, 0.25) is 0 Å². The monoisotopic (exact) mass is 267 g/mol. The van der Waals surface area contributed by atoms with Crippen LogP contribution in [0.25, 0.3) is 0 Å². The number of benzene rings is 1. The van der Waals surface area contributed by atoms with Crippen LogP contribution in [0.5, 0.6) is 5.75 Å². The number of halogens is 1. The Kier molecular flexibility index (Phi) is 6.71. The summed E-state index contributed by atoms with van der Waals surface area (Å²) in [4.78, 5) is 4.08. The van der Waals surface area contributed by atoms with Crippen molar-refractivity contribution < 1.29 is 9.13 Å². The maximum absolute atomic E-state index is 13.1. The molecule has 19 heavy (non-hydrogen) atoms. The van der Waals surface area contributed by atoms with Crippen LogP contribution in [0.4, 0.5) is 4.39 Å². The molecule has 106 valence electrons. The van der Waals surface area contributed by atoms with E-state index in [4.69, 9.17) is 4.74 Å². The minimum Gasteiger partial charge on any atom is -0.489 e. The Balaban J connectivity index is 2.50. The zero-order valence-corrected chi connectivity index (χ0v) is 11.7. The first-order valence-corrected chi connectivity index (χ1v) is 6.56. The van der Waals surface area contributed by atoms with E-state index in [0.717, 1.165) is 18.9 Å². The van der Waals surface area contributed by atoms with Gasteiger partial charge >= 0.3 is 0 Å². The van der Waals surface area contributed by atoms with Crippen molar-refractivity contribution in [1.29, 1.82) is 0 Å². The molecule has 0 aliphatic carbocycles. The van der Waals surface area contributed by atoms with Gasteiger partial charge in [-0.05, 0) is 25.5 Å². The fraction of sp³-hybridized carbons (Fsp3) is 0.500. The van der Waals surface area contributed by atoms with Gasteiger partial charge in [0.1, 0.15) is 17.7 Å². The summed E-state index contributed by atoms with van der Waals surface area (Å²) in [6.07, 6.45) is 0.796. The van der Waals surface area contributed by atoms with Crippen molar-refractivity contribution in [2.45, 2.75) is 26.4 Å². The third-order valence-corrected chi connectivity index (χ3v) is 2.62. The van der Waals surface area contributed by atoms with E-state index >= 15 is 0 Å². The van der Waals surface area contributed by atoms with Gasteiger partial charge in [-0.15, -0.1) is 0 Å². The second-order valence-corrected chi connectivity index (χ2v) is 4.09. The minimum absolute atomic E-state index is 0.0304. The molecule has 0 fully saturated rings. The third-order valence-electron chi connectivity index (χ3n) is 2.62. The lowest BCUT2D eigenvalue weighted by atomic mass is 10.2. The number of nitrogens with zero attached hydrogens (tertiary/aromatic N) is 1. The molecule has 0 aliphatic heterocycles. The van der Waals surface area contributed by atoms with Gasteiger partial charge in [-0.25, -0.2) is 4.39 Å². The summed E-state index contributed by atoms with van der Waals surface area (Å²) >= 11 is 0. The van der Waals surface area contributed by atoms with E-state index in [-0.39, 0.29) is 11.9 Å². The number of guanidine groups is 1. The van der Waals surface area contributed by atoms with E-state index in [1.54, 1.807) is 19.2 Å². The number of hydrogen-bond donors (Lipinski definition) is 2. The van der Waals surface area contributed by atoms with Gasteiger partial charge in [0.2, 0.25) is 0 Å². The van der Waals surface area contributed by atoms with Crippen LogP contribution in [-0.4, -0.2) is 32.2 Å². The molecule has 1 rings (SSSR count). The molecule has 0 saturated carbocycles. The lowest BCUT2D eigenvalue weighted by Gasteiger charge is -2.19. The molecule has 0 radical (unpaired) electrons. The van der Waals surface area contributed by atoms with Crippen molar-refractivity contribution in [3.05, 3.63) is 30.1 Å². The fourth-order valence-corrected chi connectivity index (χ4v) is 1.60. The molecular weight excluding hydrogens is 245 g/mol. The Morgan fingerprint density at radius 3 is 2.74 bits per heavy atom. The third kappa shape index (κ3) is 5.59. The van der Waals surface area contributed by atoms with E-state index in [0.29, 0.717) is 12.3 Å². The van der Waals surface area contributed by atoms with E-state index in [2.05, 4.69) is 15.6 Å². The molecule has 0 saturated heterocycles. The molecular formula is C14H22FN3O. The molecule has 1 aromatic carbocycles. The van der Waals surface area contributed by atoms with Crippen LogP contribution in [-0.2, 0) is 0 Å². The molecule has 0 aliphatic rings. The van der Waals surface area contributed by atoms with Crippen LogP contribution in [0.15, 0.2) is 29.3 Å². The Bertz CT molecular complexity index is 409. The zero-order chi connectivity index (χ0) is 14.1. The number of hydrogen-bond acceptors (Lipinski definition) is 2. The molecule has 0 spiro atoms. The van der Waals surface area contributed by atoms with Crippen LogP contribution < -0.4 is 15.4 Å². The lowest BCUT2D eigenvalue weighted by Crippen LogP contribution is -2.42. The summed E-state index contributed by atoms with van der Waals surface area (Å²) in [5, 5.41) is 6.28. The fourth-order valence-electron chi connectivity index (χ4n) is 1.60. The molecule has 0 heterocycles. The first-order valence-electron chi connectivity index (χ1n) is 6.56. The van der Waals surface area contributed by atoms with Crippen LogP contribution in [0.3, 0.4) is 0 Å². The van der Waals surface area contributed by atoms with Crippen LogP contribution in [0.1, 0.15) is 20.3 Å². The summed E-state index contributed by atoms with van der Waals surface area (Å²) in [7, 11) is 1.72. The molecule has 4 nitrogen and oxygen atoms in total. The predicted octanol–water partition coefficient (Wildman–Crippen LogP) is 2.17. The number of ether oxygens (including phenoxy) is 1. The summed E-state index contributed by atoms with van der Waals surface area (Å²) in [5.41, 5.74) is 0.